The molecule has 13 heavy (non-hydrogen) atoms. The Morgan fingerprint density at radius 2 is 2.38 bits per heavy atom. The van der Waals surface area contributed by atoms with Crippen LogP contribution in [-0.4, -0.2) is 11.5 Å². The van der Waals surface area contributed by atoms with Crippen LogP contribution in [0.5, 0.6) is 0 Å². The highest BCUT2D eigenvalue weighted by atomic mass is 32.1. The van der Waals surface area contributed by atoms with Crippen LogP contribution in [0.25, 0.3) is 10.2 Å². The molecule has 0 fully saturated rings. The summed E-state index contributed by atoms with van der Waals surface area (Å²) in [7, 11) is 0. The van der Waals surface area contributed by atoms with Crippen LogP contribution in [-0.2, 0) is 6.42 Å². The fourth-order valence-corrected chi connectivity index (χ4v) is 2.70. The lowest BCUT2D eigenvalue weighted by Gasteiger charge is -2.17. The van der Waals surface area contributed by atoms with Crippen molar-refractivity contribution in [1.29, 1.82) is 0 Å². The first-order valence-electron chi connectivity index (χ1n) is 4.54. The minimum atomic E-state index is 1.10. The van der Waals surface area contributed by atoms with Crippen molar-refractivity contribution >= 4 is 27.2 Å². The minimum absolute atomic E-state index is 1.10. The van der Waals surface area contributed by atoms with Crippen LogP contribution < -0.4 is 5.32 Å². The van der Waals surface area contributed by atoms with Gasteiger partial charge in [0.15, 0.2) is 0 Å². The number of aryl methyl sites for hydroxylation is 1. The van der Waals surface area contributed by atoms with Crippen LogP contribution >= 0.6 is 11.3 Å². The second-order valence-corrected chi connectivity index (χ2v) is 4.19. The molecule has 2 nitrogen and oxygen atoms in total. The van der Waals surface area contributed by atoms with Crippen LogP contribution in [0.3, 0.4) is 0 Å². The van der Waals surface area contributed by atoms with E-state index in [4.69, 9.17) is 0 Å². The van der Waals surface area contributed by atoms with Crippen molar-refractivity contribution < 1.29 is 0 Å². The van der Waals surface area contributed by atoms with Gasteiger partial charge in [0.05, 0.1) is 21.4 Å². The number of hydrogen-bond donors (Lipinski definition) is 1. The summed E-state index contributed by atoms with van der Waals surface area (Å²) in [6, 6.07) is 4.32. The Morgan fingerprint density at radius 3 is 3.38 bits per heavy atom. The summed E-state index contributed by atoms with van der Waals surface area (Å²) in [6.45, 7) is 1.10. The molecule has 1 aliphatic heterocycles. The summed E-state index contributed by atoms with van der Waals surface area (Å²) < 4.78 is 1.32. The van der Waals surface area contributed by atoms with Gasteiger partial charge in [0, 0.05) is 6.54 Å². The summed E-state index contributed by atoms with van der Waals surface area (Å²) >= 11 is 1.73. The first-order valence-corrected chi connectivity index (χ1v) is 5.42. The molecule has 2 aromatic rings. The molecule has 1 aromatic carbocycles. The van der Waals surface area contributed by atoms with Crippen LogP contribution in [0.4, 0.5) is 5.69 Å². The third-order valence-corrected chi connectivity index (χ3v) is 3.37. The lowest BCUT2D eigenvalue weighted by Crippen LogP contribution is -2.11. The number of fused-ring (bicyclic) bond motifs is 3. The predicted molar refractivity (Wildman–Crippen MR) is 56.4 cm³/mol. The van der Waals surface area contributed by atoms with Gasteiger partial charge in [0.25, 0.3) is 0 Å². The van der Waals surface area contributed by atoms with Gasteiger partial charge in [-0.2, -0.15) is 0 Å². The van der Waals surface area contributed by atoms with Gasteiger partial charge < -0.3 is 5.32 Å². The average Bonchev–Trinajstić information content (AvgIpc) is 2.65. The molecule has 0 aliphatic carbocycles. The summed E-state index contributed by atoms with van der Waals surface area (Å²) in [5.41, 5.74) is 5.81. The molecule has 3 heteroatoms. The van der Waals surface area contributed by atoms with Crippen molar-refractivity contribution in [2.45, 2.75) is 12.8 Å². The molecule has 1 aliphatic rings. The molecule has 66 valence electrons. The van der Waals surface area contributed by atoms with Gasteiger partial charge in [-0.25, -0.2) is 4.98 Å². The van der Waals surface area contributed by atoms with Crippen molar-refractivity contribution in [3.8, 4) is 0 Å². The summed E-state index contributed by atoms with van der Waals surface area (Å²) in [5, 5.41) is 3.46. The first kappa shape index (κ1) is 7.33. The Morgan fingerprint density at radius 1 is 1.38 bits per heavy atom. The van der Waals surface area contributed by atoms with E-state index in [-0.39, 0.29) is 0 Å². The maximum Gasteiger partial charge on any atom is 0.0833 e. The van der Waals surface area contributed by atoms with E-state index >= 15 is 0 Å². The van der Waals surface area contributed by atoms with Gasteiger partial charge >= 0.3 is 0 Å². The zero-order valence-electron chi connectivity index (χ0n) is 7.21. The molecule has 0 saturated heterocycles. The standard InChI is InChI=1S/C10H10N2S/c1-2-7-3-4-8-10(13-6-12-8)9(7)11-5-1/h3-4,6,11H,1-2,5H2. The predicted octanol–water partition coefficient (Wildman–Crippen LogP) is 2.65. The zero-order valence-corrected chi connectivity index (χ0v) is 8.03. The third kappa shape index (κ3) is 1.04. The van der Waals surface area contributed by atoms with Gasteiger partial charge in [-0.15, -0.1) is 11.3 Å². The molecule has 2 heterocycles. The molecule has 0 amide bonds. The number of benzene rings is 1. The Labute approximate surface area is 80.6 Å². The Hall–Kier alpha value is -1.09. The smallest absolute Gasteiger partial charge is 0.0833 e. The SMILES string of the molecule is c1nc2ccc3c(c2s1)NCCC3. The molecule has 0 bridgehead atoms. The molecule has 0 unspecified atom stereocenters. The highest BCUT2D eigenvalue weighted by Crippen LogP contribution is 2.32. The highest BCUT2D eigenvalue weighted by molar-refractivity contribution is 7.17. The highest BCUT2D eigenvalue weighted by Gasteiger charge is 2.12. The van der Waals surface area contributed by atoms with Gasteiger partial charge in [-0.05, 0) is 24.5 Å². The number of nitrogens with one attached hydrogen (secondary N) is 1. The number of hydrogen-bond acceptors (Lipinski definition) is 3. The van der Waals surface area contributed by atoms with Gasteiger partial charge in [0.2, 0.25) is 0 Å². The lowest BCUT2D eigenvalue weighted by atomic mass is 10.0. The molecule has 0 atom stereocenters. The Bertz CT molecular complexity index is 447. The van der Waals surface area contributed by atoms with Crippen molar-refractivity contribution in [3.63, 3.8) is 0 Å². The molecule has 1 N–H and O–H groups in total. The Balaban J connectivity index is 2.34. The topological polar surface area (TPSA) is 24.9 Å². The maximum atomic E-state index is 4.31. The number of aromatic nitrogens is 1. The summed E-state index contributed by atoms with van der Waals surface area (Å²) in [6.07, 6.45) is 2.45. The van der Waals surface area contributed by atoms with Crippen molar-refractivity contribution in [1.82, 2.24) is 4.98 Å². The van der Waals surface area contributed by atoms with Crippen LogP contribution in [0, 0.1) is 0 Å². The third-order valence-electron chi connectivity index (χ3n) is 2.51. The van der Waals surface area contributed by atoms with Crippen molar-refractivity contribution in [2.24, 2.45) is 0 Å². The van der Waals surface area contributed by atoms with E-state index in [9.17, 15) is 0 Å². The van der Waals surface area contributed by atoms with Gasteiger partial charge in [-0.3, -0.25) is 0 Å². The first-order chi connectivity index (χ1) is 6.45. The quantitative estimate of drug-likeness (QED) is 0.690. The fourth-order valence-electron chi connectivity index (χ4n) is 1.86. The van der Waals surface area contributed by atoms with E-state index in [1.165, 1.54) is 28.8 Å². The van der Waals surface area contributed by atoms with E-state index in [0.717, 1.165) is 12.1 Å². The van der Waals surface area contributed by atoms with E-state index in [1.54, 1.807) is 11.3 Å². The number of anilines is 1. The molecule has 1 aromatic heterocycles. The molecule has 0 radical (unpaired) electrons. The van der Waals surface area contributed by atoms with Crippen molar-refractivity contribution in [2.75, 3.05) is 11.9 Å². The normalized spacial score (nSPS) is 15.4. The molecule has 0 saturated carbocycles. The fraction of sp³-hybridized carbons (Fsp3) is 0.300. The summed E-state index contributed by atoms with van der Waals surface area (Å²) in [4.78, 5) is 4.31. The molecular formula is C10H10N2S. The van der Waals surface area contributed by atoms with E-state index < -0.39 is 0 Å². The monoisotopic (exact) mass is 190 g/mol. The zero-order chi connectivity index (χ0) is 8.67. The van der Waals surface area contributed by atoms with Gasteiger partial charge in [0.1, 0.15) is 0 Å². The molecule has 0 spiro atoms. The average molecular weight is 190 g/mol. The summed E-state index contributed by atoms with van der Waals surface area (Å²) in [5.74, 6) is 0. The minimum Gasteiger partial charge on any atom is -0.384 e. The van der Waals surface area contributed by atoms with Crippen LogP contribution in [0.1, 0.15) is 12.0 Å². The second kappa shape index (κ2) is 2.70. The molecule has 3 rings (SSSR count). The van der Waals surface area contributed by atoms with Crippen LogP contribution in [0.15, 0.2) is 17.6 Å². The van der Waals surface area contributed by atoms with Crippen molar-refractivity contribution in [3.05, 3.63) is 23.2 Å². The van der Waals surface area contributed by atoms with E-state index in [2.05, 4.69) is 22.4 Å². The molecular weight excluding hydrogens is 180 g/mol. The van der Waals surface area contributed by atoms with E-state index in [1.807, 2.05) is 5.51 Å². The lowest BCUT2D eigenvalue weighted by molar-refractivity contribution is 0.833. The number of rotatable bonds is 0. The largest absolute Gasteiger partial charge is 0.384 e. The Kier molecular flexibility index (Phi) is 1.52. The number of nitrogens with zero attached hydrogens (tertiary/aromatic N) is 1. The van der Waals surface area contributed by atoms with Gasteiger partial charge in [-0.1, -0.05) is 6.07 Å². The second-order valence-electron chi connectivity index (χ2n) is 3.33. The van der Waals surface area contributed by atoms with Crippen LogP contribution in [0.2, 0.25) is 0 Å². The number of thiazole rings is 1. The van der Waals surface area contributed by atoms with E-state index in [0.29, 0.717) is 0 Å². The maximum absolute atomic E-state index is 4.31.